The monoisotopic (exact) mass is 372 g/mol. The van der Waals surface area contributed by atoms with Crippen LogP contribution in [-0.2, 0) is 28.7 Å². The number of nitrogens with one attached hydrogen (secondary N) is 2. The summed E-state index contributed by atoms with van der Waals surface area (Å²) in [6.07, 6.45) is 2.02. The Kier molecular flexibility index (Phi) is 9.90. The highest BCUT2D eigenvalue weighted by atomic mass is 16.6. The molecule has 0 spiro atoms. The van der Waals surface area contributed by atoms with E-state index in [1.165, 1.54) is 0 Å². The van der Waals surface area contributed by atoms with Crippen molar-refractivity contribution in [1.29, 1.82) is 0 Å². The van der Waals surface area contributed by atoms with Crippen molar-refractivity contribution in [2.24, 2.45) is 0 Å². The summed E-state index contributed by atoms with van der Waals surface area (Å²) in [7, 11) is 0. The van der Waals surface area contributed by atoms with E-state index < -0.39 is 29.1 Å². The third-order valence-electron chi connectivity index (χ3n) is 2.92. The molecule has 26 heavy (non-hydrogen) atoms. The number of rotatable bonds is 10. The predicted octanol–water partition coefficient (Wildman–Crippen LogP) is 1.46. The van der Waals surface area contributed by atoms with Gasteiger partial charge in [0.15, 0.2) is 0 Å². The third kappa shape index (κ3) is 13.2. The molecule has 0 aromatic carbocycles. The van der Waals surface area contributed by atoms with Gasteiger partial charge in [-0.1, -0.05) is 6.42 Å². The van der Waals surface area contributed by atoms with Crippen LogP contribution in [0.3, 0.4) is 0 Å². The van der Waals surface area contributed by atoms with Crippen molar-refractivity contribution in [2.75, 3.05) is 6.54 Å². The Balaban J connectivity index is 4.56. The summed E-state index contributed by atoms with van der Waals surface area (Å²) in [6.45, 7) is 10.4. The van der Waals surface area contributed by atoms with Crippen molar-refractivity contribution in [1.82, 2.24) is 10.6 Å². The number of amides is 2. The maximum atomic E-state index is 12.3. The molecule has 1 atom stereocenters. The second kappa shape index (κ2) is 10.8. The van der Waals surface area contributed by atoms with E-state index in [1.807, 2.05) is 0 Å². The van der Waals surface area contributed by atoms with Gasteiger partial charge in [0.1, 0.15) is 17.2 Å². The maximum Gasteiger partial charge on any atom is 0.329 e. The van der Waals surface area contributed by atoms with E-state index in [1.54, 1.807) is 41.5 Å². The molecule has 0 saturated carbocycles. The summed E-state index contributed by atoms with van der Waals surface area (Å²) < 4.78 is 10.5. The molecule has 0 aliphatic heterocycles. The van der Waals surface area contributed by atoms with Gasteiger partial charge in [0, 0.05) is 6.42 Å². The lowest BCUT2D eigenvalue weighted by Crippen LogP contribution is -2.46. The van der Waals surface area contributed by atoms with Gasteiger partial charge in [0.2, 0.25) is 12.3 Å². The van der Waals surface area contributed by atoms with E-state index >= 15 is 0 Å². The average Bonchev–Trinajstić information content (AvgIpc) is 2.44. The van der Waals surface area contributed by atoms with E-state index in [4.69, 9.17) is 9.47 Å². The molecule has 0 saturated heterocycles. The number of hydrogen-bond acceptors (Lipinski definition) is 6. The Morgan fingerprint density at radius 2 is 1.54 bits per heavy atom. The third-order valence-corrected chi connectivity index (χ3v) is 2.92. The van der Waals surface area contributed by atoms with Crippen molar-refractivity contribution >= 4 is 24.3 Å². The first-order valence-corrected chi connectivity index (χ1v) is 8.75. The summed E-state index contributed by atoms with van der Waals surface area (Å²) in [5.74, 6) is -1.33. The van der Waals surface area contributed by atoms with Crippen molar-refractivity contribution in [3.05, 3.63) is 0 Å². The smallest absolute Gasteiger partial charge is 0.329 e. The van der Waals surface area contributed by atoms with Crippen molar-refractivity contribution < 1.29 is 28.7 Å². The molecule has 0 aromatic heterocycles. The highest BCUT2D eigenvalue weighted by Gasteiger charge is 2.26. The molecule has 0 heterocycles. The van der Waals surface area contributed by atoms with E-state index in [9.17, 15) is 19.2 Å². The highest BCUT2D eigenvalue weighted by Crippen LogP contribution is 2.14. The fraction of sp³-hybridized carbons (Fsp3) is 0.778. The summed E-state index contributed by atoms with van der Waals surface area (Å²) in [4.78, 5) is 46.0. The van der Waals surface area contributed by atoms with Crippen LogP contribution < -0.4 is 10.6 Å². The van der Waals surface area contributed by atoms with Gasteiger partial charge in [-0.05, 0) is 54.4 Å². The van der Waals surface area contributed by atoms with Gasteiger partial charge < -0.3 is 20.1 Å². The molecule has 0 rings (SSSR count). The number of ether oxygens (including phenoxy) is 2. The number of unbranched alkanes of at least 4 members (excludes halogenated alkanes) is 1. The predicted molar refractivity (Wildman–Crippen MR) is 96.2 cm³/mol. The molecule has 0 aromatic rings. The van der Waals surface area contributed by atoms with Crippen molar-refractivity contribution in [3.63, 3.8) is 0 Å². The standard InChI is InChI=1S/C18H32N2O6/c1-17(2,3)25-15(23)10-8-7-9-13(16(24)26-18(4,5)6)20-14(22)11-19-12-21/h12-13H,7-11H2,1-6H3,(H,19,21)(H,20,22). The van der Waals surface area contributed by atoms with Crippen LogP contribution in [0.5, 0.6) is 0 Å². The van der Waals surface area contributed by atoms with Gasteiger partial charge in [0.05, 0.1) is 6.54 Å². The Bertz CT molecular complexity index is 491. The Morgan fingerprint density at radius 1 is 0.962 bits per heavy atom. The van der Waals surface area contributed by atoms with Gasteiger partial charge in [-0.2, -0.15) is 0 Å². The molecular weight excluding hydrogens is 340 g/mol. The SMILES string of the molecule is CC(C)(C)OC(=O)CCCCC(NC(=O)CNC=O)C(=O)OC(C)(C)C. The van der Waals surface area contributed by atoms with Gasteiger partial charge >= 0.3 is 11.9 Å². The van der Waals surface area contributed by atoms with E-state index in [-0.39, 0.29) is 18.9 Å². The van der Waals surface area contributed by atoms with Crippen LogP contribution in [0.2, 0.25) is 0 Å². The molecule has 0 aliphatic carbocycles. The summed E-state index contributed by atoms with van der Waals surface area (Å²) in [5.41, 5.74) is -1.21. The molecule has 8 heteroatoms. The van der Waals surface area contributed by atoms with Gasteiger partial charge in [-0.25, -0.2) is 4.79 Å². The topological polar surface area (TPSA) is 111 Å². The molecule has 0 aliphatic rings. The average molecular weight is 372 g/mol. The lowest BCUT2D eigenvalue weighted by Gasteiger charge is -2.24. The van der Waals surface area contributed by atoms with Crippen molar-refractivity contribution in [2.45, 2.75) is 84.5 Å². The van der Waals surface area contributed by atoms with E-state index in [0.29, 0.717) is 25.7 Å². The van der Waals surface area contributed by atoms with Crippen molar-refractivity contribution in [3.8, 4) is 0 Å². The van der Waals surface area contributed by atoms with Crippen LogP contribution in [0, 0.1) is 0 Å². The Morgan fingerprint density at radius 3 is 2.04 bits per heavy atom. The van der Waals surface area contributed by atoms with Crippen LogP contribution >= 0.6 is 0 Å². The summed E-state index contributed by atoms with van der Waals surface area (Å²) >= 11 is 0. The normalized spacial score (nSPS) is 12.7. The first-order chi connectivity index (χ1) is 11.8. The molecule has 2 amide bonds. The zero-order chi connectivity index (χ0) is 20.4. The number of carbonyl (C=O) groups is 4. The second-order valence-electron chi connectivity index (χ2n) is 7.98. The molecule has 0 bridgehead atoms. The van der Waals surface area contributed by atoms with Gasteiger partial charge in [-0.15, -0.1) is 0 Å². The minimum Gasteiger partial charge on any atom is -0.460 e. The van der Waals surface area contributed by atoms with Crippen LogP contribution in [0.4, 0.5) is 0 Å². The minimum absolute atomic E-state index is 0.222. The first kappa shape index (κ1) is 23.9. The van der Waals surface area contributed by atoms with Gasteiger partial charge in [-0.3, -0.25) is 14.4 Å². The highest BCUT2D eigenvalue weighted by molar-refractivity contribution is 5.86. The fourth-order valence-corrected chi connectivity index (χ4v) is 2.01. The summed E-state index contributed by atoms with van der Waals surface area (Å²) in [5, 5.41) is 4.79. The molecular formula is C18H32N2O6. The van der Waals surface area contributed by atoms with Crippen LogP contribution in [0.15, 0.2) is 0 Å². The van der Waals surface area contributed by atoms with Crippen LogP contribution in [-0.4, -0.2) is 48.0 Å². The zero-order valence-corrected chi connectivity index (χ0v) is 16.6. The van der Waals surface area contributed by atoms with E-state index in [0.717, 1.165) is 0 Å². The number of hydrogen-bond donors (Lipinski definition) is 2. The summed E-state index contributed by atoms with van der Waals surface area (Å²) in [6, 6.07) is -0.839. The maximum absolute atomic E-state index is 12.3. The zero-order valence-electron chi connectivity index (χ0n) is 16.6. The molecule has 150 valence electrons. The lowest BCUT2D eigenvalue weighted by atomic mass is 10.1. The van der Waals surface area contributed by atoms with Crippen LogP contribution in [0.1, 0.15) is 67.2 Å². The fourth-order valence-electron chi connectivity index (χ4n) is 2.01. The minimum atomic E-state index is -0.839. The quantitative estimate of drug-likeness (QED) is 0.341. The molecule has 0 radical (unpaired) electrons. The number of esters is 2. The second-order valence-corrected chi connectivity index (χ2v) is 7.98. The largest absolute Gasteiger partial charge is 0.460 e. The molecule has 1 unspecified atom stereocenters. The van der Waals surface area contributed by atoms with Crippen LogP contribution in [0.25, 0.3) is 0 Å². The Labute approximate surface area is 155 Å². The number of carbonyl (C=O) groups excluding carboxylic acids is 4. The Hall–Kier alpha value is -2.12. The lowest BCUT2D eigenvalue weighted by molar-refractivity contribution is -0.158. The first-order valence-electron chi connectivity index (χ1n) is 8.75. The molecule has 2 N–H and O–H groups in total. The van der Waals surface area contributed by atoms with E-state index in [2.05, 4.69) is 10.6 Å². The molecule has 8 nitrogen and oxygen atoms in total. The molecule has 0 fully saturated rings. The van der Waals surface area contributed by atoms with Gasteiger partial charge in [0.25, 0.3) is 0 Å².